The summed E-state index contributed by atoms with van der Waals surface area (Å²) in [5, 5.41) is 3.20. The third-order valence-corrected chi connectivity index (χ3v) is 4.18. The van der Waals surface area contributed by atoms with Gasteiger partial charge in [0.15, 0.2) is 6.61 Å². The Labute approximate surface area is 168 Å². The molecule has 146 valence electrons. The summed E-state index contributed by atoms with van der Waals surface area (Å²) in [6.07, 6.45) is 2.79. The van der Waals surface area contributed by atoms with Crippen molar-refractivity contribution in [3.05, 3.63) is 70.3 Å². The molecule has 2 rings (SSSR count). The fourth-order valence-corrected chi connectivity index (χ4v) is 2.40. The van der Waals surface area contributed by atoms with Gasteiger partial charge in [-0.3, -0.25) is 9.59 Å². The van der Waals surface area contributed by atoms with Gasteiger partial charge in [0.25, 0.3) is 11.8 Å². The van der Waals surface area contributed by atoms with Crippen LogP contribution in [0.3, 0.4) is 0 Å². The minimum atomic E-state index is -0.640. The number of hydrogen-bond acceptors (Lipinski definition) is 4. The Balaban J connectivity index is 1.83. The first-order valence-corrected chi connectivity index (χ1v) is 8.86. The van der Waals surface area contributed by atoms with Gasteiger partial charge in [0.05, 0.1) is 0 Å². The Kier molecular flexibility index (Phi) is 7.35. The van der Waals surface area contributed by atoms with Gasteiger partial charge in [0, 0.05) is 36.4 Å². The largest absolute Gasteiger partial charge is 0.452 e. The highest BCUT2D eigenvalue weighted by Gasteiger charge is 2.09. The maximum atomic E-state index is 11.9. The molecule has 2 aromatic rings. The van der Waals surface area contributed by atoms with Crippen molar-refractivity contribution in [2.24, 2.45) is 0 Å². The molecule has 0 aliphatic rings. The lowest BCUT2D eigenvalue weighted by molar-refractivity contribution is -0.142. The van der Waals surface area contributed by atoms with Gasteiger partial charge in [-0.15, -0.1) is 0 Å². The highest BCUT2D eigenvalue weighted by molar-refractivity contribution is 6.31. The summed E-state index contributed by atoms with van der Waals surface area (Å²) in [6, 6.07) is 11.8. The summed E-state index contributed by atoms with van der Waals surface area (Å²) in [7, 11) is 3.32. The molecular formula is C21H21ClN2O4. The minimum Gasteiger partial charge on any atom is -0.452 e. The molecule has 0 aliphatic carbocycles. The predicted octanol–water partition coefficient (Wildman–Crippen LogP) is 3.55. The summed E-state index contributed by atoms with van der Waals surface area (Å²) in [5.74, 6) is -1.25. The number of nitrogens with zero attached hydrogens (tertiary/aromatic N) is 1. The third-order valence-electron chi connectivity index (χ3n) is 3.78. The summed E-state index contributed by atoms with van der Waals surface area (Å²) in [6.45, 7) is 1.46. The van der Waals surface area contributed by atoms with Crippen molar-refractivity contribution >= 4 is 41.1 Å². The van der Waals surface area contributed by atoms with E-state index in [1.54, 1.807) is 50.5 Å². The Morgan fingerprint density at radius 3 is 2.39 bits per heavy atom. The van der Waals surface area contributed by atoms with Crippen LogP contribution >= 0.6 is 11.6 Å². The summed E-state index contributed by atoms with van der Waals surface area (Å²) >= 11 is 6.03. The molecule has 28 heavy (non-hydrogen) atoms. The molecule has 0 bridgehead atoms. The fraction of sp³-hybridized carbons (Fsp3) is 0.190. The molecule has 0 saturated heterocycles. The van der Waals surface area contributed by atoms with Crippen LogP contribution in [-0.4, -0.2) is 43.4 Å². The molecule has 6 nitrogen and oxygen atoms in total. The SMILES string of the molecule is Cc1ccc(/C=C/C(=O)OCC(=O)Nc2ccc(C(=O)N(C)C)cc2)cc1Cl. The number of nitrogens with one attached hydrogen (secondary N) is 1. The molecule has 0 fully saturated rings. The van der Waals surface area contributed by atoms with Crippen molar-refractivity contribution < 1.29 is 19.1 Å². The highest BCUT2D eigenvalue weighted by Crippen LogP contribution is 2.17. The standard InChI is InChI=1S/C21H21ClN2O4/c1-14-4-5-15(12-18(14)22)6-11-20(26)28-13-19(25)23-17-9-7-16(8-10-17)21(27)24(2)3/h4-12H,13H2,1-3H3,(H,23,25)/b11-6+. The van der Waals surface area contributed by atoms with Crippen LogP contribution in [0.15, 0.2) is 48.5 Å². The number of anilines is 1. The van der Waals surface area contributed by atoms with E-state index in [0.717, 1.165) is 11.1 Å². The van der Waals surface area contributed by atoms with Crippen molar-refractivity contribution in [3.63, 3.8) is 0 Å². The molecule has 2 amide bonds. The average Bonchev–Trinajstić information content (AvgIpc) is 2.67. The average molecular weight is 401 g/mol. The zero-order valence-electron chi connectivity index (χ0n) is 15.9. The van der Waals surface area contributed by atoms with Crippen LogP contribution in [0.2, 0.25) is 5.02 Å². The first-order chi connectivity index (χ1) is 13.3. The molecule has 0 aromatic heterocycles. The Morgan fingerprint density at radius 2 is 1.79 bits per heavy atom. The van der Waals surface area contributed by atoms with Gasteiger partial charge in [0.2, 0.25) is 0 Å². The second-order valence-corrected chi connectivity index (χ2v) is 6.68. The Morgan fingerprint density at radius 1 is 1.11 bits per heavy atom. The van der Waals surface area contributed by atoms with Crippen LogP contribution in [0.1, 0.15) is 21.5 Å². The van der Waals surface area contributed by atoms with Gasteiger partial charge in [0.1, 0.15) is 0 Å². The summed E-state index contributed by atoms with van der Waals surface area (Å²) < 4.78 is 4.91. The van der Waals surface area contributed by atoms with E-state index in [1.807, 2.05) is 19.1 Å². The van der Waals surface area contributed by atoms with Crippen LogP contribution in [0.5, 0.6) is 0 Å². The van der Waals surface area contributed by atoms with Crippen LogP contribution in [-0.2, 0) is 14.3 Å². The molecule has 0 spiro atoms. The summed E-state index contributed by atoms with van der Waals surface area (Å²) in [5.41, 5.74) is 2.71. The van der Waals surface area contributed by atoms with Crippen LogP contribution in [0.4, 0.5) is 5.69 Å². The molecule has 1 N–H and O–H groups in total. The van der Waals surface area contributed by atoms with Gasteiger partial charge in [-0.05, 0) is 54.5 Å². The van der Waals surface area contributed by atoms with Crippen molar-refractivity contribution in [2.45, 2.75) is 6.92 Å². The third kappa shape index (κ3) is 6.25. The normalized spacial score (nSPS) is 10.6. The number of carbonyl (C=O) groups excluding carboxylic acids is 3. The Hall–Kier alpha value is -3.12. The number of rotatable bonds is 6. The molecule has 0 aliphatic heterocycles. The van der Waals surface area contributed by atoms with Crippen molar-refractivity contribution in [2.75, 3.05) is 26.0 Å². The van der Waals surface area contributed by atoms with Crippen LogP contribution in [0.25, 0.3) is 6.08 Å². The number of aryl methyl sites for hydroxylation is 1. The highest BCUT2D eigenvalue weighted by atomic mass is 35.5. The van der Waals surface area contributed by atoms with Crippen molar-refractivity contribution in [3.8, 4) is 0 Å². The van der Waals surface area contributed by atoms with Gasteiger partial charge in [-0.2, -0.15) is 0 Å². The second kappa shape index (κ2) is 9.71. The van der Waals surface area contributed by atoms with Gasteiger partial charge in [-0.1, -0.05) is 23.7 Å². The zero-order chi connectivity index (χ0) is 20.7. The van der Waals surface area contributed by atoms with Gasteiger partial charge in [-0.25, -0.2) is 4.79 Å². The molecule has 0 heterocycles. The van der Waals surface area contributed by atoms with E-state index in [9.17, 15) is 14.4 Å². The molecule has 7 heteroatoms. The lowest BCUT2D eigenvalue weighted by Crippen LogP contribution is -2.22. The molecule has 0 atom stereocenters. The first kappa shape index (κ1) is 21.2. The molecule has 0 radical (unpaired) electrons. The number of benzene rings is 2. The van der Waals surface area contributed by atoms with E-state index in [1.165, 1.54) is 11.0 Å². The fourth-order valence-electron chi connectivity index (χ4n) is 2.21. The topological polar surface area (TPSA) is 75.7 Å². The predicted molar refractivity (Wildman–Crippen MR) is 109 cm³/mol. The number of ether oxygens (including phenoxy) is 1. The van der Waals surface area contributed by atoms with Crippen molar-refractivity contribution in [1.82, 2.24) is 4.90 Å². The van der Waals surface area contributed by atoms with Crippen molar-refractivity contribution in [1.29, 1.82) is 0 Å². The molecular weight excluding hydrogens is 380 g/mol. The molecule has 0 saturated carbocycles. The van der Waals surface area contributed by atoms with Gasteiger partial charge >= 0.3 is 5.97 Å². The number of halogens is 1. The maximum Gasteiger partial charge on any atom is 0.331 e. The van der Waals surface area contributed by atoms with E-state index < -0.39 is 18.5 Å². The smallest absolute Gasteiger partial charge is 0.331 e. The lowest BCUT2D eigenvalue weighted by atomic mass is 10.1. The Bertz CT molecular complexity index is 905. The first-order valence-electron chi connectivity index (χ1n) is 8.49. The molecule has 2 aromatic carbocycles. The number of carbonyl (C=O) groups is 3. The van der Waals surface area contributed by atoms with Gasteiger partial charge < -0.3 is 15.0 Å². The number of esters is 1. The van der Waals surface area contributed by atoms with E-state index in [0.29, 0.717) is 16.3 Å². The second-order valence-electron chi connectivity index (χ2n) is 6.27. The van der Waals surface area contributed by atoms with E-state index in [4.69, 9.17) is 16.3 Å². The monoisotopic (exact) mass is 400 g/mol. The minimum absolute atomic E-state index is 0.131. The van der Waals surface area contributed by atoms with Crippen LogP contribution in [0, 0.1) is 6.92 Å². The van der Waals surface area contributed by atoms with E-state index >= 15 is 0 Å². The zero-order valence-corrected chi connectivity index (χ0v) is 16.6. The van der Waals surface area contributed by atoms with Crippen LogP contribution < -0.4 is 5.32 Å². The summed E-state index contributed by atoms with van der Waals surface area (Å²) in [4.78, 5) is 36.9. The lowest BCUT2D eigenvalue weighted by Gasteiger charge is -2.11. The number of amides is 2. The maximum absolute atomic E-state index is 11.9. The van der Waals surface area contributed by atoms with E-state index in [-0.39, 0.29) is 5.91 Å². The molecule has 0 unspecified atom stereocenters. The van der Waals surface area contributed by atoms with E-state index in [2.05, 4.69) is 5.32 Å². The number of hydrogen-bond donors (Lipinski definition) is 1. The quantitative estimate of drug-likeness (QED) is 0.594.